The molecule has 246 valence electrons. The molecule has 4 aromatic rings. The van der Waals surface area contributed by atoms with Crippen LogP contribution in [-0.2, 0) is 18.4 Å². The smallest absolute Gasteiger partial charge is 0.296 e. The molecule has 2 aliphatic heterocycles. The fourth-order valence-corrected chi connectivity index (χ4v) is 7.60. The molecule has 0 aliphatic carbocycles. The Labute approximate surface area is 286 Å². The van der Waals surface area contributed by atoms with Crippen LogP contribution in [0.15, 0.2) is 69.1 Å². The van der Waals surface area contributed by atoms with Gasteiger partial charge < -0.3 is 9.80 Å². The van der Waals surface area contributed by atoms with E-state index in [1.54, 1.807) is 48.4 Å². The van der Waals surface area contributed by atoms with Crippen LogP contribution in [0.4, 0.5) is 21.6 Å². The Morgan fingerprint density at radius 3 is 2.21 bits per heavy atom. The molecule has 0 bridgehead atoms. The Morgan fingerprint density at radius 1 is 0.938 bits per heavy atom. The molecule has 48 heavy (non-hydrogen) atoms. The highest BCUT2D eigenvalue weighted by atomic mass is 32.2. The molecule has 0 radical (unpaired) electrons. The van der Waals surface area contributed by atoms with E-state index in [0.717, 1.165) is 17.4 Å². The molecular formula is C35H34FN7O3S2. The van der Waals surface area contributed by atoms with E-state index in [-0.39, 0.29) is 37.4 Å². The first-order chi connectivity index (χ1) is 23.1. The Bertz CT molecular complexity index is 2120. The third kappa shape index (κ3) is 5.65. The highest BCUT2D eigenvalue weighted by Crippen LogP contribution is 2.39. The van der Waals surface area contributed by atoms with E-state index >= 15 is 0 Å². The summed E-state index contributed by atoms with van der Waals surface area (Å²) in [6.45, 7) is 8.18. The summed E-state index contributed by atoms with van der Waals surface area (Å²) in [6.07, 6.45) is 2.36. The van der Waals surface area contributed by atoms with Crippen LogP contribution >= 0.6 is 24.0 Å². The molecule has 0 saturated carbocycles. The maximum Gasteiger partial charge on any atom is 0.296 e. The zero-order valence-corrected chi connectivity index (χ0v) is 28.7. The van der Waals surface area contributed by atoms with Crippen molar-refractivity contribution in [2.24, 2.45) is 7.05 Å². The van der Waals surface area contributed by atoms with Gasteiger partial charge >= 0.3 is 0 Å². The molecule has 2 aromatic carbocycles. The number of carbonyl (C=O) groups excluding carboxylic acids is 1. The number of piperazine rings is 1. The van der Waals surface area contributed by atoms with E-state index in [4.69, 9.17) is 12.2 Å². The zero-order chi connectivity index (χ0) is 34.3. The van der Waals surface area contributed by atoms with Crippen LogP contribution in [0.3, 0.4) is 0 Å². The lowest BCUT2D eigenvalue weighted by Crippen LogP contribution is -2.48. The highest BCUT2D eigenvalue weighted by Gasteiger charge is 2.38. The van der Waals surface area contributed by atoms with Gasteiger partial charge in [-0.15, -0.1) is 0 Å². The number of rotatable bonds is 7. The molecule has 0 N–H and O–H groups in total. The van der Waals surface area contributed by atoms with Gasteiger partial charge in [-0.1, -0.05) is 49.1 Å². The van der Waals surface area contributed by atoms with Crippen molar-refractivity contribution in [3.63, 3.8) is 0 Å². The number of anilines is 3. The van der Waals surface area contributed by atoms with Crippen molar-refractivity contribution in [2.45, 2.75) is 33.7 Å². The molecule has 0 spiro atoms. The van der Waals surface area contributed by atoms with Gasteiger partial charge in [0, 0.05) is 51.0 Å². The van der Waals surface area contributed by atoms with Gasteiger partial charge in [-0.05, 0) is 68.3 Å². The van der Waals surface area contributed by atoms with E-state index in [1.165, 1.54) is 21.7 Å². The quantitative estimate of drug-likeness (QED) is 0.196. The fourth-order valence-electron chi connectivity index (χ4n) is 6.35. The van der Waals surface area contributed by atoms with Crippen molar-refractivity contribution in [3.8, 4) is 11.8 Å². The van der Waals surface area contributed by atoms with Crippen LogP contribution in [0.1, 0.15) is 35.7 Å². The van der Waals surface area contributed by atoms with Crippen LogP contribution in [0.25, 0.3) is 11.8 Å². The SMILES string of the molecule is CCCn1c(N2CCN(c3ccc(F)cc3)CC2)c(C=C2SC(=S)N(c3c(C)n(C)n(-c4ccccc4)c3=O)C2=O)c(C)c(C#N)c1=O. The Hall–Kier alpha value is -4.93. The number of benzene rings is 2. The van der Waals surface area contributed by atoms with Crippen molar-refractivity contribution in [3.05, 3.63) is 108 Å². The van der Waals surface area contributed by atoms with Crippen LogP contribution in [0, 0.1) is 31.0 Å². The van der Waals surface area contributed by atoms with Crippen molar-refractivity contribution in [1.82, 2.24) is 13.9 Å². The normalized spacial score (nSPS) is 15.9. The number of amides is 1. The number of hydrogen-bond donors (Lipinski definition) is 0. The predicted molar refractivity (Wildman–Crippen MR) is 193 cm³/mol. The maximum absolute atomic E-state index is 14.1. The molecule has 2 saturated heterocycles. The first-order valence-electron chi connectivity index (χ1n) is 15.6. The van der Waals surface area contributed by atoms with Gasteiger partial charge in [0.1, 0.15) is 29.0 Å². The first-order valence-corrected chi connectivity index (χ1v) is 16.8. The summed E-state index contributed by atoms with van der Waals surface area (Å²) in [7, 11) is 1.76. The average Bonchev–Trinajstić information content (AvgIpc) is 3.48. The first kappa shape index (κ1) is 33.0. The summed E-state index contributed by atoms with van der Waals surface area (Å²) in [5.74, 6) is -0.118. The van der Waals surface area contributed by atoms with Crippen LogP contribution < -0.4 is 25.8 Å². The molecule has 6 rings (SSSR count). The molecule has 0 atom stereocenters. The number of para-hydroxylation sites is 1. The lowest BCUT2D eigenvalue weighted by molar-refractivity contribution is -0.113. The van der Waals surface area contributed by atoms with Crippen molar-refractivity contribution >= 4 is 57.5 Å². The van der Waals surface area contributed by atoms with Crippen LogP contribution in [-0.4, -0.2) is 50.3 Å². The van der Waals surface area contributed by atoms with Gasteiger partial charge in [0.15, 0.2) is 4.32 Å². The summed E-state index contributed by atoms with van der Waals surface area (Å²) in [4.78, 5) is 47.5. The van der Waals surface area contributed by atoms with Gasteiger partial charge in [-0.25, -0.2) is 9.07 Å². The average molecular weight is 684 g/mol. The number of pyridine rings is 1. The monoisotopic (exact) mass is 683 g/mol. The second kappa shape index (κ2) is 13.3. The number of thiocarbonyl (C=S) groups is 1. The fraction of sp³-hybridized carbons (Fsp3) is 0.286. The standard InChI is InChI=1S/C35H34FN7O3S2/c1-5-15-41-31(40-18-16-39(17-19-40)25-13-11-24(36)12-14-25)27(22(2)28(21-37)32(41)44)20-29-33(45)42(35(47)48-29)30-23(3)38(4)43(34(30)46)26-9-7-6-8-10-26/h6-14,20H,5,15-19H2,1-4H3. The lowest BCUT2D eigenvalue weighted by Gasteiger charge is -2.39. The van der Waals surface area contributed by atoms with E-state index in [2.05, 4.69) is 15.9 Å². The molecule has 4 heterocycles. The van der Waals surface area contributed by atoms with E-state index in [1.807, 2.05) is 37.3 Å². The maximum atomic E-state index is 14.1. The number of thioether (sulfide) groups is 1. The largest absolute Gasteiger partial charge is 0.368 e. The van der Waals surface area contributed by atoms with Crippen molar-refractivity contribution in [2.75, 3.05) is 40.9 Å². The Morgan fingerprint density at radius 2 is 1.58 bits per heavy atom. The third-order valence-electron chi connectivity index (χ3n) is 8.88. The van der Waals surface area contributed by atoms with Gasteiger partial charge in [-0.2, -0.15) is 5.26 Å². The lowest BCUT2D eigenvalue weighted by atomic mass is 10.0. The summed E-state index contributed by atoms with van der Waals surface area (Å²) >= 11 is 6.78. The zero-order valence-electron chi connectivity index (χ0n) is 27.1. The van der Waals surface area contributed by atoms with E-state index < -0.39 is 5.91 Å². The number of carbonyl (C=O) groups is 1. The number of hydrogen-bond acceptors (Lipinski definition) is 8. The third-order valence-corrected chi connectivity index (χ3v) is 10.2. The van der Waals surface area contributed by atoms with E-state index in [0.29, 0.717) is 67.5 Å². The van der Waals surface area contributed by atoms with Gasteiger partial charge in [0.2, 0.25) is 0 Å². The summed E-state index contributed by atoms with van der Waals surface area (Å²) < 4.78 is 18.6. The molecule has 2 aliphatic rings. The second-order valence-corrected chi connectivity index (χ2v) is 13.4. The van der Waals surface area contributed by atoms with Gasteiger partial charge in [0.05, 0.1) is 16.3 Å². The predicted octanol–water partition coefficient (Wildman–Crippen LogP) is 5.11. The molecule has 0 unspecified atom stereocenters. The van der Waals surface area contributed by atoms with Crippen LogP contribution in [0.2, 0.25) is 0 Å². The van der Waals surface area contributed by atoms with Crippen LogP contribution in [0.5, 0.6) is 0 Å². The summed E-state index contributed by atoms with van der Waals surface area (Å²) in [5, 5.41) is 10.1. The minimum Gasteiger partial charge on any atom is -0.368 e. The molecule has 10 nitrogen and oxygen atoms in total. The summed E-state index contributed by atoms with van der Waals surface area (Å²) in [5.41, 5.74) is 2.63. The molecule has 13 heteroatoms. The molecular weight excluding hydrogens is 650 g/mol. The molecule has 2 fully saturated rings. The van der Waals surface area contributed by atoms with Crippen molar-refractivity contribution in [1.29, 1.82) is 5.26 Å². The summed E-state index contributed by atoms with van der Waals surface area (Å²) in [6, 6.07) is 17.6. The minimum atomic E-state index is -0.450. The Balaban J connectivity index is 1.42. The van der Waals surface area contributed by atoms with Gasteiger partial charge in [-0.3, -0.25) is 28.5 Å². The molecule has 1 amide bonds. The van der Waals surface area contributed by atoms with Gasteiger partial charge in [0.25, 0.3) is 17.0 Å². The van der Waals surface area contributed by atoms with Crippen molar-refractivity contribution < 1.29 is 9.18 Å². The second-order valence-electron chi connectivity index (χ2n) is 11.7. The number of aromatic nitrogens is 3. The Kier molecular flexibility index (Phi) is 9.13. The number of halogens is 1. The molecule has 2 aromatic heterocycles. The minimum absolute atomic E-state index is 0.0172. The number of nitriles is 1. The number of nitrogens with zero attached hydrogens (tertiary/aromatic N) is 7. The topological polar surface area (TPSA) is 99.5 Å². The highest BCUT2D eigenvalue weighted by molar-refractivity contribution is 8.27. The van der Waals surface area contributed by atoms with E-state index in [9.17, 15) is 24.0 Å².